The predicted molar refractivity (Wildman–Crippen MR) is 82.3 cm³/mol. The van der Waals surface area contributed by atoms with Gasteiger partial charge in [0.15, 0.2) is 0 Å². The normalized spacial score (nSPS) is 16.2. The van der Waals surface area contributed by atoms with Crippen molar-refractivity contribution in [2.45, 2.75) is 18.8 Å². The molecule has 0 aliphatic heterocycles. The Morgan fingerprint density at radius 2 is 2.09 bits per heavy atom. The summed E-state index contributed by atoms with van der Waals surface area (Å²) in [5.74, 6) is 1.19. The van der Waals surface area contributed by atoms with Crippen molar-refractivity contribution in [2.75, 3.05) is 6.54 Å². The maximum Gasteiger partial charge on any atom is 0.338 e. The van der Waals surface area contributed by atoms with Crippen molar-refractivity contribution in [1.29, 1.82) is 0 Å². The molecule has 1 aliphatic carbocycles. The highest BCUT2D eigenvalue weighted by molar-refractivity contribution is 5.76. The van der Waals surface area contributed by atoms with E-state index < -0.39 is 6.03 Å². The molecule has 1 aromatic heterocycles. The molecule has 0 spiro atoms. The average Bonchev–Trinajstić information content (AvgIpc) is 3.14. The second kappa shape index (κ2) is 6.07. The molecule has 0 saturated carbocycles. The Morgan fingerprint density at radius 3 is 2.82 bits per heavy atom. The van der Waals surface area contributed by atoms with Crippen LogP contribution < -0.4 is 5.73 Å². The molecule has 22 heavy (non-hydrogen) atoms. The Morgan fingerprint density at radius 1 is 1.27 bits per heavy atom. The van der Waals surface area contributed by atoms with Crippen LogP contribution in [0.3, 0.4) is 0 Å². The third kappa shape index (κ3) is 2.89. The van der Waals surface area contributed by atoms with Crippen LogP contribution in [0, 0.1) is 0 Å². The van der Waals surface area contributed by atoms with Gasteiger partial charge in [-0.3, -0.25) is 5.21 Å². The van der Waals surface area contributed by atoms with E-state index in [1.807, 2.05) is 24.3 Å². The lowest BCUT2D eigenvalue weighted by molar-refractivity contribution is -0.0372. The lowest BCUT2D eigenvalue weighted by atomic mass is 9.96. The zero-order valence-corrected chi connectivity index (χ0v) is 12.1. The number of benzene rings is 1. The van der Waals surface area contributed by atoms with Crippen molar-refractivity contribution in [2.24, 2.45) is 5.73 Å². The standard InChI is InChI=1S/C17H18N2O3/c18-17(20)19(21)8-7-12-10-13(11-14-4-3-9-22-14)16-6-2-1-5-15(12)16/h1-6,9-10,13,21H,7-8,11H2,(H2,18,20). The monoisotopic (exact) mass is 298 g/mol. The molecule has 5 heteroatoms. The van der Waals surface area contributed by atoms with E-state index in [4.69, 9.17) is 10.2 Å². The summed E-state index contributed by atoms with van der Waals surface area (Å²) >= 11 is 0. The molecule has 0 fully saturated rings. The summed E-state index contributed by atoms with van der Waals surface area (Å²) in [5, 5.41) is 9.97. The Balaban J connectivity index is 1.79. The van der Waals surface area contributed by atoms with Gasteiger partial charge in [-0.2, -0.15) is 0 Å². The first-order valence-electron chi connectivity index (χ1n) is 7.23. The van der Waals surface area contributed by atoms with Crippen molar-refractivity contribution in [3.8, 4) is 0 Å². The van der Waals surface area contributed by atoms with Gasteiger partial charge in [0.1, 0.15) is 5.76 Å². The van der Waals surface area contributed by atoms with Gasteiger partial charge in [0.25, 0.3) is 0 Å². The molecule has 0 saturated heterocycles. The number of urea groups is 1. The number of allylic oxidation sites excluding steroid dienone is 1. The second-order valence-corrected chi connectivity index (χ2v) is 5.38. The molecule has 2 aromatic rings. The molecule has 1 heterocycles. The summed E-state index contributed by atoms with van der Waals surface area (Å²) in [6.07, 6.45) is 5.22. The van der Waals surface area contributed by atoms with Gasteiger partial charge in [-0.05, 0) is 35.3 Å². The summed E-state index contributed by atoms with van der Waals surface area (Å²) in [5.41, 5.74) is 8.57. The number of primary amides is 1. The number of carbonyl (C=O) groups is 1. The van der Waals surface area contributed by atoms with Crippen LogP contribution in [0.25, 0.3) is 5.57 Å². The fourth-order valence-electron chi connectivity index (χ4n) is 2.90. The summed E-state index contributed by atoms with van der Waals surface area (Å²) in [4.78, 5) is 10.9. The van der Waals surface area contributed by atoms with Crippen molar-refractivity contribution in [3.63, 3.8) is 0 Å². The van der Waals surface area contributed by atoms with Crippen molar-refractivity contribution < 1.29 is 14.4 Å². The lowest BCUT2D eigenvalue weighted by Gasteiger charge is -2.12. The molecular weight excluding hydrogens is 280 g/mol. The van der Waals surface area contributed by atoms with E-state index in [1.54, 1.807) is 6.26 Å². The van der Waals surface area contributed by atoms with E-state index in [0.717, 1.165) is 23.3 Å². The fraction of sp³-hybridized carbons (Fsp3) is 0.235. The number of hydrogen-bond donors (Lipinski definition) is 2. The molecular formula is C17H18N2O3. The number of hydroxylamine groups is 2. The summed E-state index contributed by atoms with van der Waals surface area (Å²) in [6.45, 7) is 0.184. The third-order valence-electron chi connectivity index (χ3n) is 3.96. The Bertz CT molecular complexity index is 692. The largest absolute Gasteiger partial charge is 0.469 e. The van der Waals surface area contributed by atoms with E-state index in [-0.39, 0.29) is 12.5 Å². The van der Waals surface area contributed by atoms with Gasteiger partial charge < -0.3 is 10.2 Å². The van der Waals surface area contributed by atoms with Crippen LogP contribution >= 0.6 is 0 Å². The van der Waals surface area contributed by atoms with Gasteiger partial charge in [-0.25, -0.2) is 9.86 Å². The maximum absolute atomic E-state index is 10.9. The highest BCUT2D eigenvalue weighted by atomic mass is 16.5. The molecule has 1 aliphatic rings. The highest BCUT2D eigenvalue weighted by Gasteiger charge is 2.24. The van der Waals surface area contributed by atoms with Crippen LogP contribution in [0.15, 0.2) is 53.2 Å². The number of nitrogens with two attached hydrogens (primary N) is 1. The summed E-state index contributed by atoms with van der Waals surface area (Å²) in [6, 6.07) is 11.2. The fourth-order valence-corrected chi connectivity index (χ4v) is 2.90. The number of carbonyl (C=O) groups excluding carboxylic acids is 1. The number of furan rings is 1. The smallest absolute Gasteiger partial charge is 0.338 e. The Labute approximate surface area is 128 Å². The topological polar surface area (TPSA) is 79.7 Å². The molecule has 1 unspecified atom stereocenters. The first-order valence-corrected chi connectivity index (χ1v) is 7.23. The zero-order chi connectivity index (χ0) is 15.5. The second-order valence-electron chi connectivity index (χ2n) is 5.38. The molecule has 0 bridgehead atoms. The van der Waals surface area contributed by atoms with E-state index >= 15 is 0 Å². The van der Waals surface area contributed by atoms with E-state index in [1.165, 1.54) is 5.56 Å². The first-order chi connectivity index (χ1) is 10.6. The average molecular weight is 298 g/mol. The Kier molecular flexibility index (Phi) is 3.98. The van der Waals surface area contributed by atoms with Gasteiger partial charge in [-0.15, -0.1) is 0 Å². The van der Waals surface area contributed by atoms with Gasteiger partial charge in [0.2, 0.25) is 0 Å². The summed E-state index contributed by atoms with van der Waals surface area (Å²) < 4.78 is 5.44. The third-order valence-corrected chi connectivity index (χ3v) is 3.96. The molecule has 5 nitrogen and oxygen atoms in total. The quantitative estimate of drug-likeness (QED) is 0.657. The van der Waals surface area contributed by atoms with E-state index in [2.05, 4.69) is 18.2 Å². The summed E-state index contributed by atoms with van der Waals surface area (Å²) in [7, 11) is 0. The van der Waals surface area contributed by atoms with Crippen LogP contribution in [0.4, 0.5) is 4.79 Å². The molecule has 3 rings (SSSR count). The van der Waals surface area contributed by atoms with Crippen LogP contribution in [0.5, 0.6) is 0 Å². The molecule has 0 radical (unpaired) electrons. The van der Waals surface area contributed by atoms with Crippen molar-refractivity contribution in [1.82, 2.24) is 5.06 Å². The van der Waals surface area contributed by atoms with E-state index in [0.29, 0.717) is 11.5 Å². The van der Waals surface area contributed by atoms with E-state index in [9.17, 15) is 10.0 Å². The minimum atomic E-state index is -0.834. The minimum Gasteiger partial charge on any atom is -0.469 e. The van der Waals surface area contributed by atoms with Gasteiger partial charge in [0, 0.05) is 12.3 Å². The molecule has 2 amide bonds. The first kappa shape index (κ1) is 14.4. The maximum atomic E-state index is 10.9. The predicted octanol–water partition coefficient (Wildman–Crippen LogP) is 3.16. The van der Waals surface area contributed by atoms with Crippen molar-refractivity contribution >= 4 is 11.6 Å². The van der Waals surface area contributed by atoms with Crippen LogP contribution in [0.1, 0.15) is 29.2 Å². The lowest BCUT2D eigenvalue weighted by Crippen LogP contribution is -2.33. The number of nitrogens with zero attached hydrogens (tertiary/aromatic N) is 1. The van der Waals surface area contributed by atoms with Crippen molar-refractivity contribution in [3.05, 3.63) is 65.6 Å². The van der Waals surface area contributed by atoms with Crippen LogP contribution in [0.2, 0.25) is 0 Å². The number of amides is 2. The molecule has 1 aromatic carbocycles. The van der Waals surface area contributed by atoms with Crippen LogP contribution in [-0.2, 0) is 6.42 Å². The number of hydrogen-bond acceptors (Lipinski definition) is 3. The molecule has 114 valence electrons. The number of rotatable bonds is 5. The Hall–Kier alpha value is -2.53. The van der Waals surface area contributed by atoms with Gasteiger partial charge in [-0.1, -0.05) is 30.3 Å². The van der Waals surface area contributed by atoms with Gasteiger partial charge >= 0.3 is 6.03 Å². The number of fused-ring (bicyclic) bond motifs is 1. The van der Waals surface area contributed by atoms with Crippen LogP contribution in [-0.4, -0.2) is 22.8 Å². The SMILES string of the molecule is NC(=O)N(O)CCC1=CC(Cc2ccco2)c2ccccc21. The molecule has 1 atom stereocenters. The van der Waals surface area contributed by atoms with Gasteiger partial charge in [0.05, 0.1) is 12.8 Å². The minimum absolute atomic E-state index is 0.184. The zero-order valence-electron chi connectivity index (χ0n) is 12.1. The molecule has 3 N–H and O–H groups in total. The highest BCUT2D eigenvalue weighted by Crippen LogP contribution is 2.39.